The summed E-state index contributed by atoms with van der Waals surface area (Å²) in [5.74, 6) is -0.899. The van der Waals surface area contributed by atoms with E-state index >= 15 is 0 Å². The Bertz CT molecular complexity index is 170. The second-order valence-electron chi connectivity index (χ2n) is 3.67. The van der Waals surface area contributed by atoms with Gasteiger partial charge < -0.3 is 10.0 Å². The smallest absolute Gasteiger partial charge is 0.307 e. The molecule has 2 unspecified atom stereocenters. The highest BCUT2D eigenvalue weighted by Crippen LogP contribution is 2.21. The lowest BCUT2D eigenvalue weighted by molar-refractivity contribution is -0.143. The highest BCUT2D eigenvalue weighted by molar-refractivity contribution is 5.70. The molecular formula is C9H17NO2. The molecule has 0 aromatic heterocycles. The van der Waals surface area contributed by atoms with Crippen LogP contribution in [0.5, 0.6) is 0 Å². The Morgan fingerprint density at radius 3 is 2.75 bits per heavy atom. The van der Waals surface area contributed by atoms with Gasteiger partial charge in [0.1, 0.15) is 0 Å². The summed E-state index contributed by atoms with van der Waals surface area (Å²) in [4.78, 5) is 12.9. The summed E-state index contributed by atoms with van der Waals surface area (Å²) in [7, 11) is 2.02. The minimum atomic E-state index is -0.672. The topological polar surface area (TPSA) is 40.5 Å². The third-order valence-electron chi connectivity index (χ3n) is 2.79. The molecule has 0 aromatic carbocycles. The Morgan fingerprint density at radius 1 is 1.58 bits per heavy atom. The number of aliphatic carboxylic acids is 1. The molecule has 0 radical (unpaired) electrons. The van der Waals surface area contributed by atoms with Crippen molar-refractivity contribution in [2.45, 2.75) is 32.2 Å². The Morgan fingerprint density at radius 2 is 2.25 bits per heavy atom. The van der Waals surface area contributed by atoms with Crippen molar-refractivity contribution < 1.29 is 9.90 Å². The maximum Gasteiger partial charge on any atom is 0.307 e. The van der Waals surface area contributed by atoms with E-state index in [0.29, 0.717) is 0 Å². The van der Waals surface area contributed by atoms with Gasteiger partial charge in [-0.2, -0.15) is 0 Å². The predicted octanol–water partition coefficient (Wildman–Crippen LogP) is 1.19. The second-order valence-corrected chi connectivity index (χ2v) is 3.67. The molecule has 1 N–H and O–H groups in total. The molecule has 1 aliphatic heterocycles. The molecule has 0 aromatic rings. The Hall–Kier alpha value is -0.570. The number of piperidine rings is 1. The minimum absolute atomic E-state index is 0.227. The van der Waals surface area contributed by atoms with Gasteiger partial charge in [-0.25, -0.2) is 0 Å². The molecule has 2 atom stereocenters. The summed E-state index contributed by atoms with van der Waals surface area (Å²) in [5.41, 5.74) is 0. The van der Waals surface area contributed by atoms with Crippen LogP contribution < -0.4 is 0 Å². The number of carboxylic acid groups (broad SMARTS) is 1. The third-order valence-corrected chi connectivity index (χ3v) is 2.79. The maximum atomic E-state index is 10.7. The second kappa shape index (κ2) is 3.90. The van der Waals surface area contributed by atoms with E-state index in [-0.39, 0.29) is 12.0 Å². The van der Waals surface area contributed by atoms with E-state index in [0.717, 1.165) is 13.0 Å². The molecule has 0 aliphatic carbocycles. The zero-order valence-electron chi connectivity index (χ0n) is 7.79. The largest absolute Gasteiger partial charge is 0.481 e. The van der Waals surface area contributed by atoms with E-state index in [1.165, 1.54) is 12.8 Å². The van der Waals surface area contributed by atoms with Gasteiger partial charge in [0, 0.05) is 6.04 Å². The van der Waals surface area contributed by atoms with Crippen LogP contribution in [0.4, 0.5) is 0 Å². The Balaban J connectivity index is 2.53. The first-order valence-corrected chi connectivity index (χ1v) is 4.56. The van der Waals surface area contributed by atoms with E-state index < -0.39 is 5.97 Å². The fraction of sp³-hybridized carbons (Fsp3) is 0.889. The van der Waals surface area contributed by atoms with Gasteiger partial charge >= 0.3 is 5.97 Å². The predicted molar refractivity (Wildman–Crippen MR) is 47.1 cm³/mol. The van der Waals surface area contributed by atoms with Gasteiger partial charge in [0.15, 0.2) is 0 Å². The van der Waals surface area contributed by atoms with Crippen molar-refractivity contribution in [1.29, 1.82) is 0 Å². The van der Waals surface area contributed by atoms with Crippen molar-refractivity contribution in [3.05, 3.63) is 0 Å². The lowest BCUT2D eigenvalue weighted by Crippen LogP contribution is -2.43. The normalized spacial score (nSPS) is 28.3. The van der Waals surface area contributed by atoms with Crippen LogP contribution in [0, 0.1) is 5.92 Å². The molecule has 3 heteroatoms. The van der Waals surface area contributed by atoms with Gasteiger partial charge in [-0.1, -0.05) is 13.3 Å². The van der Waals surface area contributed by atoms with Crippen LogP contribution in [0.15, 0.2) is 0 Å². The van der Waals surface area contributed by atoms with Crippen LogP contribution in [0.2, 0.25) is 0 Å². The molecule has 70 valence electrons. The van der Waals surface area contributed by atoms with Gasteiger partial charge in [-0.3, -0.25) is 4.79 Å². The molecule has 1 saturated heterocycles. The van der Waals surface area contributed by atoms with E-state index in [4.69, 9.17) is 5.11 Å². The zero-order chi connectivity index (χ0) is 9.14. The summed E-state index contributed by atoms with van der Waals surface area (Å²) in [6.07, 6.45) is 3.41. The van der Waals surface area contributed by atoms with Crippen molar-refractivity contribution in [3.8, 4) is 0 Å². The van der Waals surface area contributed by atoms with Gasteiger partial charge in [0.05, 0.1) is 5.92 Å². The van der Waals surface area contributed by atoms with Gasteiger partial charge in [-0.05, 0) is 26.4 Å². The number of nitrogens with zero attached hydrogens (tertiary/aromatic N) is 1. The summed E-state index contributed by atoms with van der Waals surface area (Å²) in [6, 6.07) is 0.247. The van der Waals surface area contributed by atoms with Crippen LogP contribution in [-0.2, 0) is 4.79 Å². The van der Waals surface area contributed by atoms with Gasteiger partial charge in [-0.15, -0.1) is 0 Å². The Labute approximate surface area is 73.4 Å². The molecule has 3 nitrogen and oxygen atoms in total. The van der Waals surface area contributed by atoms with Gasteiger partial charge in [0.25, 0.3) is 0 Å². The molecular weight excluding hydrogens is 154 g/mol. The quantitative estimate of drug-likeness (QED) is 0.678. The number of hydrogen-bond donors (Lipinski definition) is 1. The number of likely N-dealkylation sites (tertiary alicyclic amines) is 1. The number of carboxylic acids is 1. The Kier molecular flexibility index (Phi) is 3.09. The van der Waals surface area contributed by atoms with Crippen molar-refractivity contribution in [1.82, 2.24) is 4.90 Å². The van der Waals surface area contributed by atoms with E-state index in [1.54, 1.807) is 6.92 Å². The molecule has 0 amide bonds. The first-order valence-electron chi connectivity index (χ1n) is 4.56. The zero-order valence-corrected chi connectivity index (χ0v) is 7.79. The highest BCUT2D eigenvalue weighted by atomic mass is 16.4. The van der Waals surface area contributed by atoms with Crippen LogP contribution in [0.3, 0.4) is 0 Å². The molecule has 0 spiro atoms. The summed E-state index contributed by atoms with van der Waals surface area (Å²) in [5, 5.41) is 8.83. The minimum Gasteiger partial charge on any atom is -0.481 e. The van der Waals surface area contributed by atoms with Crippen molar-refractivity contribution in [2.75, 3.05) is 13.6 Å². The number of carbonyl (C=O) groups is 1. The van der Waals surface area contributed by atoms with E-state index in [9.17, 15) is 4.79 Å². The maximum absolute atomic E-state index is 10.7. The third kappa shape index (κ3) is 1.97. The first-order chi connectivity index (χ1) is 5.63. The molecule has 0 bridgehead atoms. The molecule has 12 heavy (non-hydrogen) atoms. The molecule has 1 aliphatic rings. The van der Waals surface area contributed by atoms with E-state index in [2.05, 4.69) is 4.90 Å². The monoisotopic (exact) mass is 171 g/mol. The van der Waals surface area contributed by atoms with Crippen LogP contribution in [0.25, 0.3) is 0 Å². The lowest BCUT2D eigenvalue weighted by Gasteiger charge is -2.34. The van der Waals surface area contributed by atoms with E-state index in [1.807, 2.05) is 7.05 Å². The number of hydrogen-bond acceptors (Lipinski definition) is 2. The molecule has 0 saturated carbocycles. The average molecular weight is 171 g/mol. The fourth-order valence-corrected chi connectivity index (χ4v) is 1.90. The van der Waals surface area contributed by atoms with Crippen molar-refractivity contribution in [2.24, 2.45) is 5.92 Å². The summed E-state index contributed by atoms with van der Waals surface area (Å²) >= 11 is 0. The standard InChI is InChI=1S/C9H17NO2/c1-7(9(11)12)8-5-3-4-6-10(8)2/h7-8H,3-6H2,1-2H3,(H,11,12). The van der Waals surface area contributed by atoms with Crippen molar-refractivity contribution in [3.63, 3.8) is 0 Å². The van der Waals surface area contributed by atoms with Gasteiger partial charge in [0.2, 0.25) is 0 Å². The molecule has 1 heterocycles. The molecule has 1 fully saturated rings. The average Bonchev–Trinajstić information content (AvgIpc) is 2.04. The fourth-order valence-electron chi connectivity index (χ4n) is 1.90. The van der Waals surface area contributed by atoms with Crippen molar-refractivity contribution >= 4 is 5.97 Å². The first kappa shape index (κ1) is 9.52. The SMILES string of the molecule is CC(C(=O)O)C1CCCCN1C. The summed E-state index contributed by atoms with van der Waals surface area (Å²) in [6.45, 7) is 2.84. The molecule has 1 rings (SSSR count). The van der Waals surface area contributed by atoms with Crippen LogP contribution in [0.1, 0.15) is 26.2 Å². The van der Waals surface area contributed by atoms with Crippen LogP contribution in [-0.4, -0.2) is 35.6 Å². The summed E-state index contributed by atoms with van der Waals surface area (Å²) < 4.78 is 0. The highest BCUT2D eigenvalue weighted by Gasteiger charge is 2.28. The van der Waals surface area contributed by atoms with Crippen LogP contribution >= 0.6 is 0 Å². The lowest BCUT2D eigenvalue weighted by atomic mass is 9.92. The number of rotatable bonds is 2.